The van der Waals surface area contributed by atoms with E-state index < -0.39 is 0 Å². The van der Waals surface area contributed by atoms with Crippen LogP contribution in [0.1, 0.15) is 24.7 Å². The lowest BCUT2D eigenvalue weighted by molar-refractivity contribution is -0.117. The molecule has 9 heteroatoms. The Morgan fingerprint density at radius 1 is 1.18 bits per heavy atom. The van der Waals surface area contributed by atoms with Gasteiger partial charge in [0, 0.05) is 17.5 Å². The molecule has 0 saturated heterocycles. The van der Waals surface area contributed by atoms with Crippen molar-refractivity contribution in [1.29, 1.82) is 0 Å². The first-order valence-corrected chi connectivity index (χ1v) is 9.16. The van der Waals surface area contributed by atoms with Gasteiger partial charge in [0.15, 0.2) is 5.65 Å². The third kappa shape index (κ3) is 2.94. The minimum absolute atomic E-state index is 0.189. The van der Waals surface area contributed by atoms with Gasteiger partial charge in [-0.3, -0.25) is 4.79 Å². The van der Waals surface area contributed by atoms with E-state index in [0.29, 0.717) is 23.8 Å². The lowest BCUT2D eigenvalue weighted by atomic mass is 10.2. The average molecular weight is 379 g/mol. The number of nitrogens with zero attached hydrogens (tertiary/aromatic N) is 6. The summed E-state index contributed by atoms with van der Waals surface area (Å²) in [6.07, 6.45) is 2.61. The van der Waals surface area contributed by atoms with E-state index in [1.165, 1.54) is 9.08 Å². The number of hydrogen-bond donors (Lipinski definition) is 1. The van der Waals surface area contributed by atoms with E-state index in [9.17, 15) is 9.59 Å². The number of amides is 1. The van der Waals surface area contributed by atoms with Gasteiger partial charge in [0.1, 0.15) is 18.2 Å². The van der Waals surface area contributed by atoms with E-state index in [1.807, 2.05) is 38.1 Å². The highest BCUT2D eigenvalue weighted by atomic mass is 16.2. The number of anilines is 1. The molecule has 0 atom stereocenters. The van der Waals surface area contributed by atoms with Crippen LogP contribution >= 0.6 is 0 Å². The molecular formula is C19H21N7O2. The molecule has 0 radical (unpaired) electrons. The van der Waals surface area contributed by atoms with Crippen LogP contribution in [0.15, 0.2) is 35.3 Å². The standard InChI is InChI=1S/C19H21N7O2/c1-4-9-24-17(12(2)10-20-24)22-16(27)11-25-19(28)26-13(3)21-15-8-6-5-7-14(15)18(26)23-25/h5-8,10H,4,9,11H2,1-3H3,(H,22,27). The smallest absolute Gasteiger partial charge is 0.309 e. The summed E-state index contributed by atoms with van der Waals surface area (Å²) in [6, 6.07) is 7.49. The molecule has 3 aromatic heterocycles. The average Bonchev–Trinajstić information content (AvgIpc) is 3.17. The second-order valence-electron chi connectivity index (χ2n) is 6.72. The summed E-state index contributed by atoms with van der Waals surface area (Å²) in [5, 5.41) is 12.3. The molecule has 0 fully saturated rings. The monoisotopic (exact) mass is 379 g/mol. The number of aromatic nitrogens is 6. The van der Waals surface area contributed by atoms with E-state index in [0.717, 1.165) is 22.9 Å². The van der Waals surface area contributed by atoms with E-state index in [2.05, 4.69) is 20.5 Å². The molecule has 4 rings (SSSR count). The number of aryl methyl sites for hydroxylation is 3. The molecule has 0 unspecified atom stereocenters. The highest BCUT2D eigenvalue weighted by molar-refractivity contribution is 5.92. The Kier molecular flexibility index (Phi) is 4.42. The van der Waals surface area contributed by atoms with Gasteiger partial charge in [0.05, 0.1) is 11.7 Å². The zero-order valence-electron chi connectivity index (χ0n) is 16.0. The van der Waals surface area contributed by atoms with Crippen molar-refractivity contribution < 1.29 is 4.79 Å². The summed E-state index contributed by atoms with van der Waals surface area (Å²) in [6.45, 7) is 6.19. The highest BCUT2D eigenvalue weighted by Gasteiger charge is 2.17. The molecule has 0 aliphatic carbocycles. The molecule has 9 nitrogen and oxygen atoms in total. The number of carbonyl (C=O) groups is 1. The van der Waals surface area contributed by atoms with Crippen molar-refractivity contribution >= 4 is 28.3 Å². The molecular weight excluding hydrogens is 358 g/mol. The zero-order valence-corrected chi connectivity index (χ0v) is 16.0. The minimum Gasteiger partial charge on any atom is -0.309 e. The van der Waals surface area contributed by atoms with Crippen LogP contribution in [0.3, 0.4) is 0 Å². The molecule has 0 spiro atoms. The predicted octanol–water partition coefficient (Wildman–Crippen LogP) is 1.91. The summed E-state index contributed by atoms with van der Waals surface area (Å²) in [7, 11) is 0. The van der Waals surface area contributed by atoms with Gasteiger partial charge in [-0.15, -0.1) is 5.10 Å². The molecule has 28 heavy (non-hydrogen) atoms. The van der Waals surface area contributed by atoms with Crippen LogP contribution in [-0.4, -0.2) is 34.9 Å². The van der Waals surface area contributed by atoms with Crippen molar-refractivity contribution in [2.75, 3.05) is 5.32 Å². The molecule has 0 saturated carbocycles. The van der Waals surface area contributed by atoms with Crippen LogP contribution in [0.5, 0.6) is 0 Å². The van der Waals surface area contributed by atoms with Gasteiger partial charge in [0.25, 0.3) is 0 Å². The van der Waals surface area contributed by atoms with Gasteiger partial charge in [0.2, 0.25) is 5.91 Å². The molecule has 144 valence electrons. The summed E-state index contributed by atoms with van der Waals surface area (Å²) in [4.78, 5) is 29.8. The van der Waals surface area contributed by atoms with Gasteiger partial charge < -0.3 is 5.32 Å². The fourth-order valence-electron chi connectivity index (χ4n) is 3.29. The van der Waals surface area contributed by atoms with Crippen molar-refractivity contribution in [3.05, 3.63) is 52.3 Å². The molecule has 1 N–H and O–H groups in total. The van der Waals surface area contributed by atoms with Crippen LogP contribution in [0.2, 0.25) is 0 Å². The van der Waals surface area contributed by atoms with E-state index in [1.54, 1.807) is 17.8 Å². The zero-order chi connectivity index (χ0) is 19.8. The van der Waals surface area contributed by atoms with Crippen molar-refractivity contribution in [2.45, 2.75) is 40.3 Å². The highest BCUT2D eigenvalue weighted by Crippen LogP contribution is 2.17. The summed E-state index contributed by atoms with van der Waals surface area (Å²) in [5.74, 6) is 0.843. The Morgan fingerprint density at radius 2 is 1.96 bits per heavy atom. The number of para-hydroxylation sites is 1. The quantitative estimate of drug-likeness (QED) is 0.571. The number of fused-ring (bicyclic) bond motifs is 3. The lowest BCUT2D eigenvalue weighted by Crippen LogP contribution is -2.29. The van der Waals surface area contributed by atoms with Crippen LogP contribution in [0, 0.1) is 13.8 Å². The van der Waals surface area contributed by atoms with Crippen LogP contribution < -0.4 is 11.0 Å². The number of hydrogen-bond acceptors (Lipinski definition) is 5. The molecule has 3 heterocycles. The summed E-state index contributed by atoms with van der Waals surface area (Å²) in [5.41, 5.74) is 1.73. The van der Waals surface area contributed by atoms with Crippen molar-refractivity contribution in [2.24, 2.45) is 0 Å². The van der Waals surface area contributed by atoms with Gasteiger partial charge in [-0.2, -0.15) is 5.10 Å². The predicted molar refractivity (Wildman–Crippen MR) is 105 cm³/mol. The third-order valence-corrected chi connectivity index (χ3v) is 4.60. The minimum atomic E-state index is -0.389. The molecule has 1 amide bonds. The van der Waals surface area contributed by atoms with Crippen molar-refractivity contribution in [1.82, 2.24) is 28.9 Å². The van der Waals surface area contributed by atoms with Gasteiger partial charge >= 0.3 is 5.69 Å². The number of nitrogens with one attached hydrogen (secondary N) is 1. The lowest BCUT2D eigenvalue weighted by Gasteiger charge is -2.09. The SMILES string of the molecule is CCCn1ncc(C)c1NC(=O)Cn1nc2c3ccccc3nc(C)n2c1=O. The number of carbonyl (C=O) groups excluding carboxylic acids is 1. The molecule has 4 aromatic rings. The Balaban J connectivity index is 1.69. The fourth-order valence-corrected chi connectivity index (χ4v) is 3.29. The maximum Gasteiger partial charge on any atom is 0.352 e. The molecule has 0 aliphatic rings. The van der Waals surface area contributed by atoms with Crippen LogP contribution in [-0.2, 0) is 17.9 Å². The fraction of sp³-hybridized carbons (Fsp3) is 0.316. The van der Waals surface area contributed by atoms with Gasteiger partial charge in [-0.1, -0.05) is 19.1 Å². The van der Waals surface area contributed by atoms with Crippen LogP contribution in [0.25, 0.3) is 16.6 Å². The maximum absolute atomic E-state index is 12.8. The topological polar surface area (TPSA) is 99.1 Å². The van der Waals surface area contributed by atoms with E-state index >= 15 is 0 Å². The third-order valence-electron chi connectivity index (χ3n) is 4.60. The Labute approximate surface area is 160 Å². The van der Waals surface area contributed by atoms with Crippen molar-refractivity contribution in [3.63, 3.8) is 0 Å². The first-order chi connectivity index (χ1) is 13.5. The normalized spacial score (nSPS) is 11.4. The first kappa shape index (κ1) is 17.9. The summed E-state index contributed by atoms with van der Waals surface area (Å²) >= 11 is 0. The Morgan fingerprint density at radius 3 is 2.75 bits per heavy atom. The first-order valence-electron chi connectivity index (χ1n) is 9.16. The van der Waals surface area contributed by atoms with E-state index in [4.69, 9.17) is 0 Å². The molecule has 1 aromatic carbocycles. The van der Waals surface area contributed by atoms with E-state index in [-0.39, 0.29) is 18.1 Å². The second kappa shape index (κ2) is 6.91. The molecule has 0 bridgehead atoms. The number of rotatable bonds is 5. The summed E-state index contributed by atoms with van der Waals surface area (Å²) < 4.78 is 4.35. The largest absolute Gasteiger partial charge is 0.352 e. The number of benzene rings is 1. The van der Waals surface area contributed by atoms with Gasteiger partial charge in [-0.05, 0) is 32.4 Å². The maximum atomic E-state index is 12.8. The Hall–Kier alpha value is -3.49. The second-order valence-corrected chi connectivity index (χ2v) is 6.72. The van der Waals surface area contributed by atoms with Crippen LogP contribution in [0.4, 0.5) is 5.82 Å². The van der Waals surface area contributed by atoms with Crippen molar-refractivity contribution in [3.8, 4) is 0 Å². The Bertz CT molecular complexity index is 1250. The molecule has 0 aliphatic heterocycles. The van der Waals surface area contributed by atoms with Gasteiger partial charge in [-0.25, -0.2) is 23.5 Å².